The number of hydrogen-bond donors (Lipinski definition) is 0. The van der Waals surface area contributed by atoms with Gasteiger partial charge in [-0.05, 0) is 122 Å². The molecule has 0 radical (unpaired) electrons. The molecule has 2 aliphatic heterocycles. The molecule has 11 aromatic rings. The average Bonchev–Trinajstić information content (AvgIpc) is 4.14. The molecule has 4 heterocycles. The van der Waals surface area contributed by atoms with Crippen LogP contribution in [-0.4, -0.2) is 16.2 Å². The standard InChI is InChI=1S/C68H56N4O/c1-67(2,3)49-23-15-21-47(37-49)55-28-17-29-58-56-27-11-10-26-54(56)46-20-14-22-48(36-46)60-39-50(68(4,5)6)40-65(69-60)72-61-35-32-45(44-18-8-7-9-19-44)38-59(61)57-34-33-53(42-64(57)72)73-52-25-16-24-51(41-52)70-43-71(66(55)58)63-31-13-12-30-62(63)70/h7-42H,43H2,1-6H3/i7D,8D,9D,18D,19D. The Morgan fingerprint density at radius 3 is 1.93 bits per heavy atom. The zero-order valence-corrected chi connectivity index (χ0v) is 41.8. The highest BCUT2D eigenvalue weighted by molar-refractivity contribution is 6.11. The van der Waals surface area contributed by atoms with Gasteiger partial charge in [0.1, 0.15) is 24.0 Å². The molecule has 73 heavy (non-hydrogen) atoms. The number of para-hydroxylation sites is 3. The summed E-state index contributed by atoms with van der Waals surface area (Å²) in [6.45, 7) is 14.0. The molecule has 2 aliphatic rings. The molecule has 9 aromatic carbocycles. The maximum atomic E-state index is 8.89. The Hall–Kier alpha value is -8.67. The van der Waals surface area contributed by atoms with E-state index in [2.05, 4.69) is 202 Å². The summed E-state index contributed by atoms with van der Waals surface area (Å²) < 4.78 is 52.2. The van der Waals surface area contributed by atoms with E-state index >= 15 is 0 Å². The fourth-order valence-electron chi connectivity index (χ4n) is 10.8. The Morgan fingerprint density at radius 1 is 0.452 bits per heavy atom. The van der Waals surface area contributed by atoms with Crippen LogP contribution in [0.25, 0.3) is 83.4 Å². The van der Waals surface area contributed by atoms with Crippen molar-refractivity contribution < 1.29 is 11.6 Å². The Morgan fingerprint density at radius 2 is 1.12 bits per heavy atom. The third kappa shape index (κ3) is 7.75. The number of rotatable bonds is 2. The van der Waals surface area contributed by atoms with Crippen molar-refractivity contribution >= 4 is 44.6 Å². The van der Waals surface area contributed by atoms with Gasteiger partial charge >= 0.3 is 0 Å². The fraction of sp³-hybridized carbons (Fsp3) is 0.132. The summed E-state index contributed by atoms with van der Waals surface area (Å²) >= 11 is 0. The minimum Gasteiger partial charge on any atom is -0.457 e. The zero-order valence-electron chi connectivity index (χ0n) is 46.8. The first-order chi connectivity index (χ1) is 37.5. The van der Waals surface area contributed by atoms with Crippen LogP contribution < -0.4 is 14.5 Å². The summed E-state index contributed by atoms with van der Waals surface area (Å²) in [5.74, 6) is 2.00. The molecule has 354 valence electrons. The third-order valence-corrected chi connectivity index (χ3v) is 14.6. The Labute approximate surface area is 435 Å². The van der Waals surface area contributed by atoms with E-state index in [1.165, 1.54) is 5.56 Å². The monoisotopic (exact) mass is 949 g/mol. The lowest BCUT2D eigenvalue weighted by Gasteiger charge is -2.28. The molecule has 0 aliphatic carbocycles. The van der Waals surface area contributed by atoms with Crippen LogP contribution in [0.4, 0.5) is 22.7 Å². The summed E-state index contributed by atoms with van der Waals surface area (Å²) in [5.41, 5.74) is 17.1. The quantitative estimate of drug-likeness (QED) is 0.173. The molecule has 2 aromatic heterocycles. The van der Waals surface area contributed by atoms with Crippen LogP contribution in [0.1, 0.15) is 59.5 Å². The molecule has 5 nitrogen and oxygen atoms in total. The van der Waals surface area contributed by atoms with Gasteiger partial charge in [0.2, 0.25) is 0 Å². The first-order valence-electron chi connectivity index (χ1n) is 27.5. The molecule has 0 fully saturated rings. The van der Waals surface area contributed by atoms with Gasteiger partial charge in [-0.2, -0.15) is 0 Å². The van der Waals surface area contributed by atoms with Crippen LogP contribution in [0.2, 0.25) is 0 Å². The summed E-state index contributed by atoms with van der Waals surface area (Å²) in [6.07, 6.45) is 0. The smallest absolute Gasteiger partial charge is 0.138 e. The maximum Gasteiger partial charge on any atom is 0.138 e. The fourth-order valence-corrected chi connectivity index (χ4v) is 10.8. The minimum absolute atomic E-state index is 0.0508. The van der Waals surface area contributed by atoms with Crippen molar-refractivity contribution in [3.63, 3.8) is 0 Å². The molecule has 0 saturated heterocycles. The molecule has 5 heteroatoms. The Bertz CT molecular complexity index is 4250. The van der Waals surface area contributed by atoms with Crippen LogP contribution in [0.15, 0.2) is 218 Å². The van der Waals surface area contributed by atoms with Crippen molar-refractivity contribution in [3.05, 3.63) is 229 Å². The third-order valence-electron chi connectivity index (χ3n) is 14.6. The number of aromatic nitrogens is 2. The van der Waals surface area contributed by atoms with E-state index in [0.717, 1.165) is 94.8 Å². The van der Waals surface area contributed by atoms with Gasteiger partial charge in [0.25, 0.3) is 0 Å². The van der Waals surface area contributed by atoms with E-state index in [-0.39, 0.29) is 40.6 Å². The molecule has 13 rings (SSSR count). The van der Waals surface area contributed by atoms with E-state index in [1.54, 1.807) is 0 Å². The van der Waals surface area contributed by atoms with E-state index in [4.69, 9.17) is 16.6 Å². The highest BCUT2D eigenvalue weighted by atomic mass is 16.5. The zero-order chi connectivity index (χ0) is 53.9. The normalized spacial score (nSPS) is 14.0. The largest absolute Gasteiger partial charge is 0.457 e. The van der Waals surface area contributed by atoms with Crippen molar-refractivity contribution in [1.29, 1.82) is 0 Å². The number of anilines is 4. The van der Waals surface area contributed by atoms with E-state index in [9.17, 15) is 0 Å². The van der Waals surface area contributed by atoms with Crippen LogP contribution in [0.3, 0.4) is 0 Å². The number of nitrogens with zero attached hydrogens (tertiary/aromatic N) is 4. The predicted molar refractivity (Wildman–Crippen MR) is 305 cm³/mol. The Kier molecular flexibility index (Phi) is 9.08. The lowest BCUT2D eigenvalue weighted by atomic mass is 9.84. The van der Waals surface area contributed by atoms with Gasteiger partial charge in [0, 0.05) is 45.3 Å². The molecular weight excluding hydrogens is 889 g/mol. The summed E-state index contributed by atoms with van der Waals surface area (Å²) in [6, 6.07) is 64.7. The highest BCUT2D eigenvalue weighted by Crippen LogP contribution is 2.52. The van der Waals surface area contributed by atoms with Gasteiger partial charge in [-0.15, -0.1) is 0 Å². The van der Waals surface area contributed by atoms with E-state index < -0.39 is 6.04 Å². The van der Waals surface area contributed by atoms with E-state index in [1.807, 2.05) is 42.5 Å². The minimum atomic E-state index is -0.423. The first-order valence-corrected chi connectivity index (χ1v) is 25.0. The molecule has 0 N–H and O–H groups in total. The SMILES string of the molecule is [2H]c1c([2H])c([2H])c(-c2ccc3c(c2)c2ccc4cc2n3-c2cc(C(C)(C)C)cc(n2)-c2cccc(c2)-c2ccccc2-c2cccc(-c3cccc(C(C)(C)C)c3)c2N2CN(c3cccc(c3)O4)c3ccccc32)c([2H])c1[2H]. The molecule has 0 unspecified atom stereocenters. The van der Waals surface area contributed by atoms with E-state index in [0.29, 0.717) is 29.5 Å². The molecule has 0 saturated carbocycles. The second-order valence-corrected chi connectivity index (χ2v) is 21.3. The number of ether oxygens (including phenoxy) is 1. The summed E-state index contributed by atoms with van der Waals surface area (Å²) in [4.78, 5) is 10.4. The molecule has 10 bridgehead atoms. The van der Waals surface area contributed by atoms with Gasteiger partial charge in [0.05, 0.1) is 40.6 Å². The van der Waals surface area contributed by atoms with Crippen molar-refractivity contribution in [2.75, 3.05) is 16.5 Å². The van der Waals surface area contributed by atoms with Crippen LogP contribution >= 0.6 is 0 Å². The Balaban J connectivity index is 1.09. The lowest BCUT2D eigenvalue weighted by Crippen LogP contribution is -2.25. The summed E-state index contributed by atoms with van der Waals surface area (Å²) in [7, 11) is 0. The van der Waals surface area contributed by atoms with Gasteiger partial charge in [-0.3, -0.25) is 4.57 Å². The van der Waals surface area contributed by atoms with Crippen LogP contribution in [0, 0.1) is 0 Å². The van der Waals surface area contributed by atoms with Crippen molar-refractivity contribution in [2.45, 2.75) is 52.4 Å². The highest BCUT2D eigenvalue weighted by Gasteiger charge is 2.32. The van der Waals surface area contributed by atoms with Crippen LogP contribution in [-0.2, 0) is 10.8 Å². The van der Waals surface area contributed by atoms with Gasteiger partial charge in [0.15, 0.2) is 0 Å². The number of hydrogen-bond acceptors (Lipinski definition) is 4. The van der Waals surface area contributed by atoms with Crippen molar-refractivity contribution in [1.82, 2.24) is 9.55 Å². The summed E-state index contributed by atoms with van der Waals surface area (Å²) in [5, 5.41) is 1.72. The number of benzene rings is 9. The van der Waals surface area contributed by atoms with Crippen LogP contribution in [0.5, 0.6) is 11.5 Å². The molecule has 0 amide bonds. The van der Waals surface area contributed by atoms with Crippen molar-refractivity contribution in [3.8, 4) is 73.1 Å². The average molecular weight is 950 g/mol. The second-order valence-electron chi connectivity index (χ2n) is 21.3. The molecule has 0 atom stereocenters. The second kappa shape index (κ2) is 17.0. The topological polar surface area (TPSA) is 33.5 Å². The van der Waals surface area contributed by atoms with Crippen molar-refractivity contribution in [2.24, 2.45) is 0 Å². The molecular formula is C68H56N4O. The number of pyridine rings is 1. The first kappa shape index (κ1) is 39.0. The van der Waals surface area contributed by atoms with Gasteiger partial charge < -0.3 is 14.5 Å². The van der Waals surface area contributed by atoms with Gasteiger partial charge in [-0.1, -0.05) is 181 Å². The number of fused-ring (bicyclic) bond motifs is 23. The lowest BCUT2D eigenvalue weighted by molar-refractivity contribution is 0.483. The van der Waals surface area contributed by atoms with Gasteiger partial charge in [-0.25, -0.2) is 4.98 Å². The molecule has 0 spiro atoms. The predicted octanol–water partition coefficient (Wildman–Crippen LogP) is 18.5. The maximum absolute atomic E-state index is 8.89.